The van der Waals surface area contributed by atoms with E-state index in [0.717, 1.165) is 64.5 Å². The minimum absolute atomic E-state index is 0.226. The van der Waals surface area contributed by atoms with Crippen LogP contribution in [0.3, 0.4) is 0 Å². The zero-order valence-electron chi connectivity index (χ0n) is 13.6. The first-order chi connectivity index (χ1) is 10.6. The summed E-state index contributed by atoms with van der Waals surface area (Å²) in [7, 11) is 0. The van der Waals surface area contributed by atoms with Gasteiger partial charge in [-0.25, -0.2) is 0 Å². The Morgan fingerprint density at radius 3 is 2.09 bits per heavy atom. The number of nitrogens with two attached hydrogens (primary N) is 1. The van der Waals surface area contributed by atoms with Crippen LogP contribution in [0.25, 0.3) is 0 Å². The summed E-state index contributed by atoms with van der Waals surface area (Å²) in [5.74, 6) is -1.53. The molecule has 6 heteroatoms. The molecule has 22 heavy (non-hydrogen) atoms. The van der Waals surface area contributed by atoms with Crippen molar-refractivity contribution in [1.29, 1.82) is 0 Å². The molecule has 0 saturated carbocycles. The van der Waals surface area contributed by atoms with Crippen molar-refractivity contribution >= 4 is 11.9 Å². The van der Waals surface area contributed by atoms with E-state index in [1.165, 1.54) is 0 Å². The molecular weight excluding hydrogens is 284 g/mol. The fraction of sp³-hybridized carbons (Fsp3) is 0.875. The van der Waals surface area contributed by atoms with Gasteiger partial charge in [0.05, 0.1) is 0 Å². The second-order valence-electron chi connectivity index (χ2n) is 5.75. The Morgan fingerprint density at radius 2 is 1.45 bits per heavy atom. The summed E-state index contributed by atoms with van der Waals surface area (Å²) in [6.45, 7) is 1.46. The fourth-order valence-corrected chi connectivity index (χ4v) is 2.37. The van der Waals surface area contributed by atoms with Gasteiger partial charge in [0.15, 0.2) is 0 Å². The van der Waals surface area contributed by atoms with E-state index < -0.39 is 18.0 Å². The Hall–Kier alpha value is -1.14. The molecule has 0 amide bonds. The molecule has 0 rings (SSSR count). The van der Waals surface area contributed by atoms with E-state index in [4.69, 9.17) is 10.8 Å². The predicted molar refractivity (Wildman–Crippen MR) is 86.9 cm³/mol. The van der Waals surface area contributed by atoms with Crippen LogP contribution in [-0.2, 0) is 9.59 Å². The van der Waals surface area contributed by atoms with Crippen molar-refractivity contribution in [1.82, 2.24) is 5.32 Å². The van der Waals surface area contributed by atoms with Gasteiger partial charge in [0.1, 0.15) is 6.04 Å². The molecule has 0 aromatic carbocycles. The van der Waals surface area contributed by atoms with Crippen LogP contribution in [0.4, 0.5) is 0 Å². The monoisotopic (exact) mass is 316 g/mol. The van der Waals surface area contributed by atoms with Crippen molar-refractivity contribution in [2.75, 3.05) is 13.1 Å². The van der Waals surface area contributed by atoms with Crippen molar-refractivity contribution in [3.8, 4) is 0 Å². The molecule has 0 aliphatic heterocycles. The zero-order valence-corrected chi connectivity index (χ0v) is 13.6. The van der Waals surface area contributed by atoms with Crippen molar-refractivity contribution in [3.63, 3.8) is 0 Å². The Labute approximate surface area is 133 Å². The molecule has 0 radical (unpaired) electrons. The molecule has 1 atom stereocenters. The van der Waals surface area contributed by atoms with Crippen molar-refractivity contribution in [2.45, 2.75) is 76.7 Å². The summed E-state index contributed by atoms with van der Waals surface area (Å²) in [5, 5.41) is 20.8. The molecule has 130 valence electrons. The molecule has 6 nitrogen and oxygen atoms in total. The number of carboxylic acids is 2. The lowest BCUT2D eigenvalue weighted by atomic mass is 10.1. The molecular formula is C16H32N2O4. The normalized spacial score (nSPS) is 12.2. The number of carboxylic acid groups (broad SMARTS) is 2. The fourth-order valence-electron chi connectivity index (χ4n) is 2.37. The van der Waals surface area contributed by atoms with Crippen LogP contribution >= 0.6 is 0 Å². The maximum absolute atomic E-state index is 11.2. The van der Waals surface area contributed by atoms with E-state index >= 15 is 0 Å². The maximum Gasteiger partial charge on any atom is 0.320 e. The molecule has 0 aliphatic carbocycles. The summed E-state index contributed by atoms with van der Waals surface area (Å²) in [4.78, 5) is 21.5. The van der Waals surface area contributed by atoms with E-state index in [9.17, 15) is 14.7 Å². The lowest BCUT2D eigenvalue weighted by Crippen LogP contribution is -2.37. The van der Waals surface area contributed by atoms with E-state index in [1.807, 2.05) is 0 Å². The zero-order chi connectivity index (χ0) is 16.6. The van der Waals surface area contributed by atoms with Gasteiger partial charge in [-0.05, 0) is 38.8 Å². The number of nitrogens with one attached hydrogen (secondary N) is 1. The number of aliphatic carboxylic acids is 2. The maximum atomic E-state index is 11.2. The summed E-state index contributed by atoms with van der Waals surface area (Å²) in [6.07, 6.45) is 9.47. The molecule has 0 fully saturated rings. The van der Waals surface area contributed by atoms with Crippen molar-refractivity contribution in [3.05, 3.63) is 0 Å². The van der Waals surface area contributed by atoms with E-state index in [0.29, 0.717) is 12.8 Å². The van der Waals surface area contributed by atoms with E-state index in [1.54, 1.807) is 0 Å². The van der Waals surface area contributed by atoms with Gasteiger partial charge in [-0.2, -0.15) is 0 Å². The molecule has 0 aliphatic rings. The average Bonchev–Trinajstić information content (AvgIpc) is 2.46. The number of unbranched alkanes of at least 4 members (excludes halogenated alkanes) is 7. The largest absolute Gasteiger partial charge is 0.481 e. The lowest BCUT2D eigenvalue weighted by Gasteiger charge is -2.14. The molecule has 0 aromatic rings. The lowest BCUT2D eigenvalue weighted by molar-refractivity contribution is -0.140. The van der Waals surface area contributed by atoms with Crippen molar-refractivity contribution < 1.29 is 19.8 Å². The summed E-state index contributed by atoms with van der Waals surface area (Å²) >= 11 is 0. The number of hydrogen-bond acceptors (Lipinski definition) is 4. The van der Waals surface area contributed by atoms with Crippen LogP contribution in [0.1, 0.15) is 70.6 Å². The Balaban J connectivity index is 3.56. The highest BCUT2D eigenvalue weighted by atomic mass is 16.4. The summed E-state index contributed by atoms with van der Waals surface area (Å²) < 4.78 is 0. The van der Waals surface area contributed by atoms with Gasteiger partial charge < -0.3 is 21.3 Å². The van der Waals surface area contributed by atoms with Crippen molar-refractivity contribution in [2.24, 2.45) is 5.73 Å². The summed E-state index contributed by atoms with van der Waals surface area (Å²) in [6, 6.07) is -0.464. The first kappa shape index (κ1) is 20.9. The first-order valence-electron chi connectivity index (χ1n) is 8.46. The number of rotatable bonds is 16. The second-order valence-corrected chi connectivity index (χ2v) is 5.75. The third-order valence-electron chi connectivity index (χ3n) is 3.70. The molecule has 0 heterocycles. The van der Waals surface area contributed by atoms with Gasteiger partial charge >= 0.3 is 11.9 Å². The molecule has 0 aromatic heterocycles. The second kappa shape index (κ2) is 14.8. The third kappa shape index (κ3) is 13.8. The minimum atomic E-state index is -0.784. The summed E-state index contributed by atoms with van der Waals surface area (Å²) in [5.41, 5.74) is 5.42. The Bertz CT molecular complexity index is 298. The Morgan fingerprint density at radius 1 is 0.864 bits per heavy atom. The molecule has 0 saturated heterocycles. The smallest absolute Gasteiger partial charge is 0.320 e. The van der Waals surface area contributed by atoms with Crippen LogP contribution < -0.4 is 11.1 Å². The van der Waals surface area contributed by atoms with E-state index in [-0.39, 0.29) is 6.42 Å². The molecule has 5 N–H and O–H groups in total. The quantitative estimate of drug-likeness (QED) is 0.325. The van der Waals surface area contributed by atoms with E-state index in [2.05, 4.69) is 5.32 Å². The first-order valence-corrected chi connectivity index (χ1v) is 8.46. The van der Waals surface area contributed by atoms with Crippen LogP contribution in [-0.4, -0.2) is 41.3 Å². The van der Waals surface area contributed by atoms with Crippen LogP contribution in [0.2, 0.25) is 0 Å². The van der Waals surface area contributed by atoms with Gasteiger partial charge in [0.2, 0.25) is 0 Å². The van der Waals surface area contributed by atoms with Gasteiger partial charge in [-0.1, -0.05) is 38.5 Å². The molecule has 0 spiro atoms. The van der Waals surface area contributed by atoms with Crippen LogP contribution in [0, 0.1) is 0 Å². The highest BCUT2D eigenvalue weighted by molar-refractivity contribution is 5.73. The standard InChI is InChI=1S/C16H32N2O4/c17-12-8-4-5-9-13-18-14(16(21)22)10-6-2-1-3-7-11-15(19)20/h14,18H,1-13,17H2,(H,19,20)(H,21,22). The van der Waals surface area contributed by atoms with Gasteiger partial charge in [0.25, 0.3) is 0 Å². The van der Waals surface area contributed by atoms with Gasteiger partial charge in [-0.3, -0.25) is 9.59 Å². The van der Waals surface area contributed by atoms with Gasteiger partial charge in [-0.15, -0.1) is 0 Å². The molecule has 0 bridgehead atoms. The average molecular weight is 316 g/mol. The molecule has 1 unspecified atom stereocenters. The van der Waals surface area contributed by atoms with Crippen LogP contribution in [0.15, 0.2) is 0 Å². The third-order valence-corrected chi connectivity index (χ3v) is 3.70. The predicted octanol–water partition coefficient (Wildman–Crippen LogP) is 2.36. The highest BCUT2D eigenvalue weighted by Crippen LogP contribution is 2.09. The Kier molecular flexibility index (Phi) is 14.0. The number of carbonyl (C=O) groups is 2. The van der Waals surface area contributed by atoms with Crippen LogP contribution in [0.5, 0.6) is 0 Å². The van der Waals surface area contributed by atoms with Gasteiger partial charge in [0, 0.05) is 6.42 Å². The highest BCUT2D eigenvalue weighted by Gasteiger charge is 2.15. The number of hydrogen-bond donors (Lipinski definition) is 4. The topological polar surface area (TPSA) is 113 Å². The SMILES string of the molecule is NCCCCCCNC(CCCCCCCC(=O)O)C(=O)O. The minimum Gasteiger partial charge on any atom is -0.481 e.